The Kier molecular flexibility index (Phi) is 3.97. The van der Waals surface area contributed by atoms with Crippen molar-refractivity contribution < 1.29 is 0 Å². The van der Waals surface area contributed by atoms with Crippen LogP contribution in [0, 0.1) is 12.3 Å². The van der Waals surface area contributed by atoms with Gasteiger partial charge >= 0.3 is 0 Å². The molecular formula is C16H26N2S. The van der Waals surface area contributed by atoms with E-state index in [1.165, 1.54) is 66.9 Å². The van der Waals surface area contributed by atoms with Gasteiger partial charge in [0.1, 0.15) is 0 Å². The molecule has 0 unspecified atom stereocenters. The highest BCUT2D eigenvalue weighted by Crippen LogP contribution is 2.46. The summed E-state index contributed by atoms with van der Waals surface area (Å²) in [4.78, 5) is 5.44. The van der Waals surface area contributed by atoms with Gasteiger partial charge in [-0.1, -0.05) is 12.8 Å². The van der Waals surface area contributed by atoms with Crippen LogP contribution in [-0.4, -0.2) is 18.0 Å². The second-order valence-electron chi connectivity index (χ2n) is 6.48. The van der Waals surface area contributed by atoms with E-state index in [1.807, 2.05) is 11.3 Å². The monoisotopic (exact) mass is 278 g/mol. The second-order valence-corrected chi connectivity index (χ2v) is 7.82. The maximum atomic E-state index is 5.74. The van der Waals surface area contributed by atoms with Crippen LogP contribution in [0.5, 0.6) is 0 Å². The number of nitrogens with zero attached hydrogens (tertiary/aromatic N) is 1. The molecule has 0 aromatic carbocycles. The molecule has 1 aliphatic heterocycles. The van der Waals surface area contributed by atoms with Gasteiger partial charge in [0, 0.05) is 22.8 Å². The zero-order valence-corrected chi connectivity index (χ0v) is 12.9. The topological polar surface area (TPSA) is 29.3 Å². The van der Waals surface area contributed by atoms with Crippen molar-refractivity contribution in [2.75, 3.05) is 13.1 Å². The molecule has 0 atom stereocenters. The minimum atomic E-state index is 0.689. The molecule has 1 aliphatic carbocycles. The first-order chi connectivity index (χ1) is 9.21. The highest BCUT2D eigenvalue weighted by atomic mass is 32.1. The van der Waals surface area contributed by atoms with Crippen LogP contribution < -0.4 is 5.73 Å². The van der Waals surface area contributed by atoms with Crippen molar-refractivity contribution in [3.05, 3.63) is 21.4 Å². The Labute approximate surface area is 121 Å². The quantitative estimate of drug-likeness (QED) is 0.914. The first kappa shape index (κ1) is 13.6. The number of hydrogen-bond acceptors (Lipinski definition) is 3. The summed E-state index contributed by atoms with van der Waals surface area (Å²) in [6.45, 7) is 6.66. The third kappa shape index (κ3) is 2.88. The highest BCUT2D eigenvalue weighted by molar-refractivity contribution is 7.12. The van der Waals surface area contributed by atoms with Crippen molar-refractivity contribution in [1.29, 1.82) is 0 Å². The third-order valence-electron chi connectivity index (χ3n) is 5.25. The van der Waals surface area contributed by atoms with Gasteiger partial charge in [0.25, 0.3) is 0 Å². The molecule has 1 aromatic heterocycles. The molecule has 2 nitrogen and oxygen atoms in total. The number of rotatable bonds is 3. The van der Waals surface area contributed by atoms with Gasteiger partial charge in [-0.05, 0) is 62.7 Å². The summed E-state index contributed by atoms with van der Waals surface area (Å²) in [6.07, 6.45) is 8.80. The van der Waals surface area contributed by atoms with E-state index in [-0.39, 0.29) is 0 Å². The molecule has 0 amide bonds. The largest absolute Gasteiger partial charge is 0.326 e. The molecule has 0 radical (unpaired) electrons. The van der Waals surface area contributed by atoms with E-state index in [4.69, 9.17) is 5.73 Å². The van der Waals surface area contributed by atoms with Gasteiger partial charge in [-0.3, -0.25) is 4.90 Å². The molecule has 1 saturated carbocycles. The van der Waals surface area contributed by atoms with E-state index in [0.717, 1.165) is 12.0 Å². The molecule has 3 rings (SSSR count). The number of aryl methyl sites for hydroxylation is 1. The number of hydrogen-bond donors (Lipinski definition) is 1. The van der Waals surface area contributed by atoms with Crippen molar-refractivity contribution in [2.45, 2.75) is 58.5 Å². The first-order valence-electron chi connectivity index (χ1n) is 7.71. The standard InChI is InChI=1S/C16H26N2S/c1-13-14(10-15(11-17)19-13)12-18-8-6-16(7-9-18)4-2-3-5-16/h10H,2-9,11-12,17H2,1H3. The number of nitrogens with two attached hydrogens (primary N) is 1. The molecule has 2 N–H and O–H groups in total. The molecule has 1 spiro atoms. The van der Waals surface area contributed by atoms with Crippen LogP contribution in [0.2, 0.25) is 0 Å². The van der Waals surface area contributed by atoms with Crippen LogP contribution in [-0.2, 0) is 13.1 Å². The van der Waals surface area contributed by atoms with E-state index in [0.29, 0.717) is 6.54 Å². The van der Waals surface area contributed by atoms with E-state index in [2.05, 4.69) is 17.9 Å². The fourth-order valence-electron chi connectivity index (χ4n) is 3.90. The molecule has 1 saturated heterocycles. The van der Waals surface area contributed by atoms with Gasteiger partial charge in [-0.2, -0.15) is 0 Å². The Balaban J connectivity index is 1.58. The van der Waals surface area contributed by atoms with E-state index in [1.54, 1.807) is 0 Å². The number of likely N-dealkylation sites (tertiary alicyclic amines) is 1. The fourth-order valence-corrected chi connectivity index (χ4v) is 4.83. The highest BCUT2D eigenvalue weighted by Gasteiger charge is 2.36. The second kappa shape index (κ2) is 5.55. The van der Waals surface area contributed by atoms with Crippen molar-refractivity contribution >= 4 is 11.3 Å². The molecule has 1 aromatic rings. The maximum absolute atomic E-state index is 5.74. The minimum absolute atomic E-state index is 0.689. The van der Waals surface area contributed by atoms with E-state index < -0.39 is 0 Å². The molecule has 2 heterocycles. The van der Waals surface area contributed by atoms with Gasteiger partial charge < -0.3 is 5.73 Å². The Bertz CT molecular complexity index is 422. The van der Waals surface area contributed by atoms with Crippen LogP contribution in [0.15, 0.2) is 6.07 Å². The summed E-state index contributed by atoms with van der Waals surface area (Å²) in [5.74, 6) is 0. The summed E-state index contributed by atoms with van der Waals surface area (Å²) in [5, 5.41) is 0. The first-order valence-corrected chi connectivity index (χ1v) is 8.53. The molecule has 2 fully saturated rings. The fraction of sp³-hybridized carbons (Fsp3) is 0.750. The van der Waals surface area contributed by atoms with Crippen LogP contribution >= 0.6 is 11.3 Å². The van der Waals surface area contributed by atoms with Crippen LogP contribution in [0.3, 0.4) is 0 Å². The molecule has 0 bridgehead atoms. The Morgan fingerprint density at radius 1 is 1.21 bits per heavy atom. The number of piperidine rings is 1. The van der Waals surface area contributed by atoms with E-state index in [9.17, 15) is 0 Å². The van der Waals surface area contributed by atoms with Crippen LogP contribution in [0.4, 0.5) is 0 Å². The normalized spacial score (nSPS) is 23.3. The Morgan fingerprint density at radius 3 is 2.47 bits per heavy atom. The summed E-state index contributed by atoms with van der Waals surface area (Å²) in [5.41, 5.74) is 7.99. The summed E-state index contributed by atoms with van der Waals surface area (Å²) in [6, 6.07) is 2.32. The van der Waals surface area contributed by atoms with Crippen molar-refractivity contribution in [2.24, 2.45) is 11.1 Å². The SMILES string of the molecule is Cc1sc(CN)cc1CN1CCC2(CCCC2)CC1. The summed E-state index contributed by atoms with van der Waals surface area (Å²) in [7, 11) is 0. The average molecular weight is 278 g/mol. The van der Waals surface area contributed by atoms with E-state index >= 15 is 0 Å². The Hall–Kier alpha value is -0.380. The maximum Gasteiger partial charge on any atom is 0.0274 e. The Morgan fingerprint density at radius 2 is 1.89 bits per heavy atom. The zero-order chi connectivity index (χ0) is 13.3. The van der Waals surface area contributed by atoms with Gasteiger partial charge in [-0.25, -0.2) is 0 Å². The molecule has 106 valence electrons. The average Bonchev–Trinajstić information content (AvgIpc) is 3.01. The molecule has 3 heteroatoms. The minimum Gasteiger partial charge on any atom is -0.326 e. The number of thiophene rings is 1. The summed E-state index contributed by atoms with van der Waals surface area (Å²) < 4.78 is 0. The molecule has 19 heavy (non-hydrogen) atoms. The summed E-state index contributed by atoms with van der Waals surface area (Å²) >= 11 is 1.87. The lowest BCUT2D eigenvalue weighted by molar-refractivity contribution is 0.103. The van der Waals surface area contributed by atoms with Gasteiger partial charge in [0.15, 0.2) is 0 Å². The van der Waals surface area contributed by atoms with Crippen molar-refractivity contribution in [3.8, 4) is 0 Å². The smallest absolute Gasteiger partial charge is 0.0274 e. The van der Waals surface area contributed by atoms with Gasteiger partial charge in [0.2, 0.25) is 0 Å². The van der Waals surface area contributed by atoms with Gasteiger partial charge in [-0.15, -0.1) is 11.3 Å². The zero-order valence-electron chi connectivity index (χ0n) is 12.1. The molecular weight excluding hydrogens is 252 g/mol. The lowest BCUT2D eigenvalue weighted by Gasteiger charge is -2.39. The lowest BCUT2D eigenvalue weighted by atomic mass is 9.77. The van der Waals surface area contributed by atoms with Crippen LogP contribution in [0.1, 0.15) is 53.8 Å². The predicted octanol–water partition coefficient (Wildman–Crippen LogP) is 3.67. The third-order valence-corrected chi connectivity index (χ3v) is 6.36. The lowest BCUT2D eigenvalue weighted by Crippen LogP contribution is -2.38. The predicted molar refractivity (Wildman–Crippen MR) is 82.4 cm³/mol. The molecule has 2 aliphatic rings. The van der Waals surface area contributed by atoms with Crippen molar-refractivity contribution in [3.63, 3.8) is 0 Å². The van der Waals surface area contributed by atoms with Crippen LogP contribution in [0.25, 0.3) is 0 Å². The van der Waals surface area contributed by atoms with Gasteiger partial charge in [0.05, 0.1) is 0 Å². The van der Waals surface area contributed by atoms with Crippen molar-refractivity contribution in [1.82, 2.24) is 4.90 Å².